The fourth-order valence-electron chi connectivity index (χ4n) is 4.39. The Morgan fingerprint density at radius 1 is 1.23 bits per heavy atom. The number of hydrogen-bond acceptors (Lipinski definition) is 5. The molecular weight excluding hydrogens is 384 g/mol. The van der Waals surface area contributed by atoms with Crippen molar-refractivity contribution < 1.29 is 4.79 Å². The maximum Gasteiger partial charge on any atom is 0.206 e. The summed E-state index contributed by atoms with van der Waals surface area (Å²) in [7, 11) is 2.00. The zero-order valence-corrected chi connectivity index (χ0v) is 18.6. The topological polar surface area (TPSA) is 48.8 Å². The lowest BCUT2D eigenvalue weighted by Crippen LogP contribution is -2.49. The molecule has 31 heavy (non-hydrogen) atoms. The van der Waals surface area contributed by atoms with E-state index in [1.165, 1.54) is 5.56 Å². The highest BCUT2D eigenvalue weighted by Gasteiger charge is 2.32. The van der Waals surface area contributed by atoms with Crippen LogP contribution in [-0.4, -0.2) is 46.7 Å². The summed E-state index contributed by atoms with van der Waals surface area (Å²) in [5.41, 5.74) is 5.96. The summed E-state index contributed by atoms with van der Waals surface area (Å²) in [6.07, 6.45) is 6.38. The van der Waals surface area contributed by atoms with Gasteiger partial charge in [0.05, 0.1) is 5.70 Å². The lowest BCUT2D eigenvalue weighted by molar-refractivity contribution is 0.0862. The zero-order chi connectivity index (χ0) is 22.0. The van der Waals surface area contributed by atoms with Crippen molar-refractivity contribution in [3.05, 3.63) is 83.3 Å². The van der Waals surface area contributed by atoms with Gasteiger partial charge < -0.3 is 9.80 Å². The second-order valence-electron chi connectivity index (χ2n) is 8.33. The van der Waals surface area contributed by atoms with Crippen molar-refractivity contribution in [2.24, 2.45) is 10.9 Å². The van der Waals surface area contributed by atoms with E-state index in [1.807, 2.05) is 42.3 Å². The number of allylic oxidation sites excluding steroid dienone is 1. The number of aromatic nitrogens is 1. The molecule has 0 N–H and O–H groups in total. The molecule has 0 bridgehead atoms. The third kappa shape index (κ3) is 4.18. The summed E-state index contributed by atoms with van der Waals surface area (Å²) >= 11 is 0. The number of likely N-dealkylation sites (tertiary alicyclic amines) is 1. The van der Waals surface area contributed by atoms with Gasteiger partial charge >= 0.3 is 0 Å². The fraction of sp³-hybridized carbons (Fsp3) is 0.346. The Morgan fingerprint density at radius 3 is 2.74 bits per heavy atom. The van der Waals surface area contributed by atoms with Crippen LogP contribution in [0.25, 0.3) is 5.70 Å². The minimum absolute atomic E-state index is 0.0263. The molecule has 1 fully saturated rings. The quantitative estimate of drug-likeness (QED) is 0.675. The second-order valence-corrected chi connectivity index (χ2v) is 8.33. The predicted molar refractivity (Wildman–Crippen MR) is 126 cm³/mol. The Bertz CT molecular complexity index is 1050. The van der Waals surface area contributed by atoms with E-state index in [9.17, 15) is 4.79 Å². The maximum atomic E-state index is 13.3. The van der Waals surface area contributed by atoms with Crippen LogP contribution in [0.5, 0.6) is 0 Å². The van der Waals surface area contributed by atoms with E-state index in [4.69, 9.17) is 4.99 Å². The van der Waals surface area contributed by atoms with Gasteiger partial charge in [-0.3, -0.25) is 9.78 Å². The van der Waals surface area contributed by atoms with Gasteiger partial charge in [0.25, 0.3) is 0 Å². The Kier molecular flexibility index (Phi) is 6.03. The van der Waals surface area contributed by atoms with E-state index in [2.05, 4.69) is 36.4 Å². The van der Waals surface area contributed by atoms with Crippen LogP contribution >= 0.6 is 0 Å². The Labute approximate surface area is 184 Å². The smallest absolute Gasteiger partial charge is 0.206 e. The van der Waals surface area contributed by atoms with Crippen molar-refractivity contribution in [2.75, 3.05) is 20.1 Å². The molecule has 1 atom stereocenters. The van der Waals surface area contributed by atoms with Crippen LogP contribution in [0, 0.1) is 5.92 Å². The Morgan fingerprint density at radius 2 is 2.00 bits per heavy atom. The summed E-state index contributed by atoms with van der Waals surface area (Å²) in [6, 6.07) is 12.0. The molecule has 2 aliphatic rings. The molecule has 1 aromatic heterocycles. The van der Waals surface area contributed by atoms with Crippen LogP contribution in [0.15, 0.2) is 71.6 Å². The van der Waals surface area contributed by atoms with Crippen LogP contribution in [0.1, 0.15) is 48.2 Å². The minimum atomic E-state index is -0.0263. The number of carbonyl (C=O) groups excluding carboxylic acids is 1. The number of ketones is 1. The second kappa shape index (κ2) is 8.88. The summed E-state index contributed by atoms with van der Waals surface area (Å²) < 4.78 is 0. The average Bonchev–Trinajstić information content (AvgIpc) is 2.83. The number of likely N-dealkylation sites (N-methyl/N-ethyl adjacent to an activating group) is 1. The molecule has 1 aromatic carbocycles. The van der Waals surface area contributed by atoms with E-state index in [0.717, 1.165) is 59.9 Å². The van der Waals surface area contributed by atoms with Crippen molar-refractivity contribution in [3.8, 4) is 0 Å². The van der Waals surface area contributed by atoms with E-state index in [0.29, 0.717) is 6.54 Å². The van der Waals surface area contributed by atoms with E-state index in [-0.39, 0.29) is 11.7 Å². The lowest BCUT2D eigenvalue weighted by atomic mass is 9.89. The number of aliphatic imine (C=N–C) groups is 1. The largest absolute Gasteiger partial charge is 0.342 e. The van der Waals surface area contributed by atoms with Crippen LogP contribution in [0.4, 0.5) is 0 Å². The Balaban J connectivity index is 1.61. The standard InChI is InChI=1S/C26H30N4O/c1-5-20-8-6-9-22(16-20)25(31)23-10-7-15-30(17-23)26-28-24(18(2)19(3)29(26)4)21-11-13-27-14-12-21/h6,8-9,11-14,16,23H,3,5,7,10,15,17H2,1-2,4H3. The van der Waals surface area contributed by atoms with Crippen LogP contribution < -0.4 is 0 Å². The third-order valence-electron chi connectivity index (χ3n) is 6.35. The predicted octanol–water partition coefficient (Wildman–Crippen LogP) is 4.79. The summed E-state index contributed by atoms with van der Waals surface area (Å²) in [5, 5.41) is 0. The van der Waals surface area contributed by atoms with Gasteiger partial charge in [-0.15, -0.1) is 0 Å². The molecule has 4 rings (SSSR count). The first-order chi connectivity index (χ1) is 15.0. The first kappa shape index (κ1) is 21.0. The van der Waals surface area contributed by atoms with Crippen molar-refractivity contribution in [1.82, 2.24) is 14.8 Å². The third-order valence-corrected chi connectivity index (χ3v) is 6.35. The highest BCUT2D eigenvalue weighted by molar-refractivity contribution is 5.99. The molecule has 1 unspecified atom stereocenters. The average molecular weight is 415 g/mol. The normalized spacial score (nSPS) is 19.5. The van der Waals surface area contributed by atoms with Crippen LogP contribution in [0.2, 0.25) is 0 Å². The number of aryl methyl sites for hydroxylation is 1. The number of rotatable bonds is 4. The summed E-state index contributed by atoms with van der Waals surface area (Å²) in [4.78, 5) is 26.7. The summed E-state index contributed by atoms with van der Waals surface area (Å²) in [6.45, 7) is 10.0. The number of carbonyl (C=O) groups is 1. The SMILES string of the molecule is C=C1C(C)=C(c2ccncc2)N=C(N2CCCC(C(=O)c3cccc(CC)c3)C2)N1C. The van der Waals surface area contributed by atoms with Crippen molar-refractivity contribution in [1.29, 1.82) is 0 Å². The van der Waals surface area contributed by atoms with E-state index < -0.39 is 0 Å². The molecule has 0 radical (unpaired) electrons. The highest BCUT2D eigenvalue weighted by atomic mass is 16.1. The molecule has 0 spiro atoms. The molecule has 0 amide bonds. The fourth-order valence-corrected chi connectivity index (χ4v) is 4.39. The number of benzene rings is 1. The molecular formula is C26H30N4O. The number of nitrogens with zero attached hydrogens (tertiary/aromatic N) is 4. The van der Waals surface area contributed by atoms with Gasteiger partial charge in [0.15, 0.2) is 5.78 Å². The number of piperidine rings is 1. The van der Waals surface area contributed by atoms with Crippen LogP contribution in [-0.2, 0) is 6.42 Å². The van der Waals surface area contributed by atoms with E-state index in [1.54, 1.807) is 12.4 Å². The van der Waals surface area contributed by atoms with Crippen molar-refractivity contribution >= 4 is 17.4 Å². The maximum absolute atomic E-state index is 13.3. The lowest BCUT2D eigenvalue weighted by Gasteiger charge is -2.40. The molecule has 5 heteroatoms. The van der Waals surface area contributed by atoms with Gasteiger partial charge in [0.2, 0.25) is 5.96 Å². The van der Waals surface area contributed by atoms with Gasteiger partial charge in [0, 0.05) is 55.3 Å². The van der Waals surface area contributed by atoms with Crippen molar-refractivity contribution in [2.45, 2.75) is 33.1 Å². The zero-order valence-electron chi connectivity index (χ0n) is 18.6. The number of guanidine groups is 1. The minimum Gasteiger partial charge on any atom is -0.342 e. The molecule has 2 aliphatic heterocycles. The van der Waals surface area contributed by atoms with Crippen molar-refractivity contribution in [3.63, 3.8) is 0 Å². The van der Waals surface area contributed by atoms with Gasteiger partial charge in [-0.1, -0.05) is 31.7 Å². The number of Topliss-reactive ketones (excluding diaryl/α,β-unsaturated/α-hetero) is 1. The number of pyridine rings is 1. The van der Waals surface area contributed by atoms with Gasteiger partial charge in [-0.2, -0.15) is 0 Å². The molecule has 5 nitrogen and oxygen atoms in total. The first-order valence-electron chi connectivity index (χ1n) is 11.0. The summed E-state index contributed by atoms with van der Waals surface area (Å²) in [5.74, 6) is 1.07. The van der Waals surface area contributed by atoms with Gasteiger partial charge in [-0.25, -0.2) is 4.99 Å². The van der Waals surface area contributed by atoms with Gasteiger partial charge in [0.1, 0.15) is 0 Å². The molecule has 160 valence electrons. The monoisotopic (exact) mass is 414 g/mol. The van der Waals surface area contributed by atoms with E-state index >= 15 is 0 Å². The first-order valence-corrected chi connectivity index (χ1v) is 11.0. The molecule has 3 heterocycles. The van der Waals surface area contributed by atoms with Gasteiger partial charge in [-0.05, 0) is 55.5 Å². The van der Waals surface area contributed by atoms with Crippen LogP contribution in [0.3, 0.4) is 0 Å². The molecule has 0 aliphatic carbocycles. The molecule has 1 saturated heterocycles. The molecule has 2 aromatic rings. The Hall–Kier alpha value is -3.21. The highest BCUT2D eigenvalue weighted by Crippen LogP contribution is 2.32. The number of hydrogen-bond donors (Lipinski definition) is 0. The molecule has 0 saturated carbocycles.